The Kier molecular flexibility index (Phi) is 3.71. The number of hydrogen-bond acceptors (Lipinski definition) is 4. The van der Waals surface area contributed by atoms with E-state index in [2.05, 4.69) is 4.74 Å². The van der Waals surface area contributed by atoms with Crippen LogP contribution in [0.3, 0.4) is 0 Å². The molecule has 0 amide bonds. The standard InChI is InChI=1S/C13H15F2NO3/c1-2-18-12(17)8-5-9(14)11(10(15)6-8)19-7-13(16)3-4-13/h5-6H,2-4,7,16H2,1H3. The van der Waals surface area contributed by atoms with Gasteiger partial charge in [-0.25, -0.2) is 13.6 Å². The SMILES string of the molecule is CCOC(=O)c1cc(F)c(OCC2(N)CC2)c(F)c1. The largest absolute Gasteiger partial charge is 0.486 e. The lowest BCUT2D eigenvalue weighted by Crippen LogP contribution is -2.30. The van der Waals surface area contributed by atoms with Crippen molar-refractivity contribution >= 4 is 5.97 Å². The molecule has 1 saturated carbocycles. The molecule has 19 heavy (non-hydrogen) atoms. The Labute approximate surface area is 109 Å². The predicted octanol–water partition coefficient (Wildman–Crippen LogP) is 2.01. The van der Waals surface area contributed by atoms with E-state index in [1.807, 2.05) is 0 Å². The second-order valence-electron chi connectivity index (χ2n) is 4.64. The fraction of sp³-hybridized carbons (Fsp3) is 0.462. The van der Waals surface area contributed by atoms with Crippen LogP contribution in [0.2, 0.25) is 0 Å². The number of esters is 1. The van der Waals surface area contributed by atoms with Crippen LogP contribution < -0.4 is 10.5 Å². The van der Waals surface area contributed by atoms with Crippen LogP contribution in [-0.4, -0.2) is 24.7 Å². The van der Waals surface area contributed by atoms with Crippen molar-refractivity contribution in [3.63, 3.8) is 0 Å². The van der Waals surface area contributed by atoms with Gasteiger partial charge >= 0.3 is 5.97 Å². The molecule has 1 aliphatic rings. The van der Waals surface area contributed by atoms with Crippen LogP contribution in [-0.2, 0) is 4.74 Å². The van der Waals surface area contributed by atoms with Crippen molar-refractivity contribution in [3.8, 4) is 5.75 Å². The number of halogens is 2. The summed E-state index contributed by atoms with van der Waals surface area (Å²) >= 11 is 0. The van der Waals surface area contributed by atoms with Crippen molar-refractivity contribution < 1.29 is 23.0 Å². The zero-order valence-corrected chi connectivity index (χ0v) is 10.5. The van der Waals surface area contributed by atoms with Crippen LogP contribution in [0.1, 0.15) is 30.1 Å². The molecule has 0 radical (unpaired) electrons. The molecule has 2 rings (SSSR count). The Morgan fingerprint density at radius 1 is 1.37 bits per heavy atom. The Morgan fingerprint density at radius 2 is 1.95 bits per heavy atom. The van der Waals surface area contributed by atoms with Crippen molar-refractivity contribution in [2.24, 2.45) is 5.73 Å². The molecule has 0 spiro atoms. The Bertz CT molecular complexity index is 478. The molecular weight excluding hydrogens is 256 g/mol. The van der Waals surface area contributed by atoms with E-state index < -0.39 is 28.9 Å². The van der Waals surface area contributed by atoms with Gasteiger partial charge in [-0.2, -0.15) is 0 Å². The van der Waals surface area contributed by atoms with Gasteiger partial charge in [-0.3, -0.25) is 0 Å². The third kappa shape index (κ3) is 3.20. The first-order valence-electron chi connectivity index (χ1n) is 6.03. The van der Waals surface area contributed by atoms with E-state index in [0.29, 0.717) is 0 Å². The van der Waals surface area contributed by atoms with Crippen LogP contribution in [0.25, 0.3) is 0 Å². The Morgan fingerprint density at radius 3 is 2.42 bits per heavy atom. The summed E-state index contributed by atoms with van der Waals surface area (Å²) in [6, 6.07) is 1.79. The summed E-state index contributed by atoms with van der Waals surface area (Å²) in [5.74, 6) is -3.16. The maximum absolute atomic E-state index is 13.7. The Balaban J connectivity index is 2.14. The molecular formula is C13H15F2NO3. The van der Waals surface area contributed by atoms with Gasteiger partial charge in [0.1, 0.15) is 6.61 Å². The van der Waals surface area contributed by atoms with Crippen molar-refractivity contribution in [3.05, 3.63) is 29.3 Å². The molecule has 1 aromatic carbocycles. The number of nitrogens with two attached hydrogens (primary N) is 1. The lowest BCUT2D eigenvalue weighted by Gasteiger charge is -2.13. The molecule has 0 saturated heterocycles. The zero-order chi connectivity index (χ0) is 14.0. The topological polar surface area (TPSA) is 61.5 Å². The van der Waals surface area contributed by atoms with Crippen LogP contribution in [0.4, 0.5) is 8.78 Å². The maximum Gasteiger partial charge on any atom is 0.338 e. The Hall–Kier alpha value is -1.69. The summed E-state index contributed by atoms with van der Waals surface area (Å²) in [5.41, 5.74) is 5.11. The lowest BCUT2D eigenvalue weighted by atomic mass is 10.2. The highest BCUT2D eigenvalue weighted by Gasteiger charge is 2.39. The normalized spacial score (nSPS) is 16.0. The average Bonchev–Trinajstić information content (AvgIpc) is 3.06. The van der Waals surface area contributed by atoms with Gasteiger partial charge in [0, 0.05) is 0 Å². The molecule has 0 unspecified atom stereocenters. The first kappa shape index (κ1) is 13.7. The molecule has 1 aromatic rings. The second kappa shape index (κ2) is 5.13. The average molecular weight is 271 g/mol. The molecule has 0 heterocycles. The monoisotopic (exact) mass is 271 g/mol. The maximum atomic E-state index is 13.7. The smallest absolute Gasteiger partial charge is 0.338 e. The van der Waals surface area contributed by atoms with E-state index in [4.69, 9.17) is 10.5 Å². The molecule has 6 heteroatoms. The highest BCUT2D eigenvalue weighted by molar-refractivity contribution is 5.89. The van der Waals surface area contributed by atoms with Crippen LogP contribution >= 0.6 is 0 Å². The molecule has 4 nitrogen and oxygen atoms in total. The van der Waals surface area contributed by atoms with E-state index in [-0.39, 0.29) is 18.8 Å². The third-order valence-electron chi connectivity index (χ3n) is 2.91. The van der Waals surface area contributed by atoms with Gasteiger partial charge < -0.3 is 15.2 Å². The van der Waals surface area contributed by atoms with Crippen molar-refractivity contribution in [2.45, 2.75) is 25.3 Å². The van der Waals surface area contributed by atoms with Crippen LogP contribution in [0.15, 0.2) is 12.1 Å². The van der Waals surface area contributed by atoms with Crippen molar-refractivity contribution in [1.82, 2.24) is 0 Å². The highest BCUT2D eigenvalue weighted by atomic mass is 19.1. The molecule has 104 valence electrons. The highest BCUT2D eigenvalue weighted by Crippen LogP contribution is 2.33. The number of hydrogen-bond donors (Lipinski definition) is 1. The first-order valence-corrected chi connectivity index (χ1v) is 6.03. The van der Waals surface area contributed by atoms with E-state index in [9.17, 15) is 13.6 Å². The minimum absolute atomic E-state index is 0.0552. The number of ether oxygens (including phenoxy) is 2. The van der Waals surface area contributed by atoms with Crippen LogP contribution in [0, 0.1) is 11.6 Å². The fourth-order valence-electron chi connectivity index (χ4n) is 1.55. The quantitative estimate of drug-likeness (QED) is 0.832. The van der Waals surface area contributed by atoms with Gasteiger partial charge in [0.05, 0.1) is 17.7 Å². The van der Waals surface area contributed by atoms with Gasteiger partial charge in [-0.1, -0.05) is 0 Å². The molecule has 2 N–H and O–H groups in total. The summed E-state index contributed by atoms with van der Waals surface area (Å²) < 4.78 is 37.1. The van der Waals surface area contributed by atoms with Gasteiger partial charge in [0.25, 0.3) is 0 Å². The fourth-order valence-corrected chi connectivity index (χ4v) is 1.55. The van der Waals surface area contributed by atoms with Gasteiger partial charge in [0.2, 0.25) is 0 Å². The first-order chi connectivity index (χ1) is 8.95. The molecule has 0 bridgehead atoms. The van der Waals surface area contributed by atoms with Gasteiger partial charge in [-0.05, 0) is 31.9 Å². The number of carbonyl (C=O) groups excluding carboxylic acids is 1. The van der Waals surface area contributed by atoms with Crippen molar-refractivity contribution in [1.29, 1.82) is 0 Å². The number of benzene rings is 1. The van der Waals surface area contributed by atoms with Gasteiger partial charge in [-0.15, -0.1) is 0 Å². The van der Waals surface area contributed by atoms with E-state index in [1.54, 1.807) is 6.92 Å². The molecule has 1 aliphatic carbocycles. The summed E-state index contributed by atoms with van der Waals surface area (Å²) in [4.78, 5) is 11.4. The van der Waals surface area contributed by atoms with Gasteiger partial charge in [0.15, 0.2) is 17.4 Å². The minimum Gasteiger partial charge on any atom is -0.486 e. The van der Waals surface area contributed by atoms with Crippen LogP contribution in [0.5, 0.6) is 5.75 Å². The van der Waals surface area contributed by atoms with E-state index in [0.717, 1.165) is 25.0 Å². The minimum atomic E-state index is -0.938. The third-order valence-corrected chi connectivity index (χ3v) is 2.91. The van der Waals surface area contributed by atoms with E-state index >= 15 is 0 Å². The lowest BCUT2D eigenvalue weighted by molar-refractivity contribution is 0.0525. The van der Waals surface area contributed by atoms with E-state index in [1.165, 1.54) is 0 Å². The summed E-state index contributed by atoms with van der Waals surface area (Å²) in [5, 5.41) is 0. The molecule has 0 aliphatic heterocycles. The number of rotatable bonds is 5. The summed E-state index contributed by atoms with van der Waals surface area (Å²) in [6.07, 6.45) is 1.55. The number of carbonyl (C=O) groups is 1. The predicted molar refractivity (Wildman–Crippen MR) is 64.0 cm³/mol. The molecule has 0 atom stereocenters. The second-order valence-corrected chi connectivity index (χ2v) is 4.64. The summed E-state index contributed by atoms with van der Waals surface area (Å²) in [6.45, 7) is 1.80. The van der Waals surface area contributed by atoms with Crippen molar-refractivity contribution in [2.75, 3.05) is 13.2 Å². The molecule has 0 aromatic heterocycles. The molecule has 1 fully saturated rings. The summed E-state index contributed by atoms with van der Waals surface area (Å²) in [7, 11) is 0. The zero-order valence-electron chi connectivity index (χ0n) is 10.5.